The number of likely N-dealkylation sites (N-methyl/N-ethyl adjacent to an activating group) is 1. The molecule has 11 nitrogen and oxygen atoms in total. The van der Waals surface area contributed by atoms with Crippen molar-refractivity contribution >= 4 is 29.2 Å². The van der Waals surface area contributed by atoms with Crippen molar-refractivity contribution in [3.63, 3.8) is 0 Å². The first-order chi connectivity index (χ1) is 22.7. The molecule has 1 fully saturated rings. The fraction of sp³-hybridized carbons (Fsp3) is 0.361. The van der Waals surface area contributed by atoms with Gasteiger partial charge in [-0.15, -0.1) is 0 Å². The number of piperazine rings is 1. The molecular formula is C36H45N7O4. The molecule has 1 atom stereocenters. The second-order valence-corrected chi connectivity index (χ2v) is 12.0. The van der Waals surface area contributed by atoms with E-state index in [2.05, 4.69) is 51.2 Å². The Labute approximate surface area is 277 Å². The molecule has 0 radical (unpaired) electrons. The third-order valence-electron chi connectivity index (χ3n) is 8.62. The van der Waals surface area contributed by atoms with E-state index in [-0.39, 0.29) is 11.8 Å². The number of nitrogens with zero attached hydrogens (tertiary/aromatic N) is 6. The van der Waals surface area contributed by atoms with Crippen molar-refractivity contribution in [2.24, 2.45) is 0 Å². The average Bonchev–Trinajstić information content (AvgIpc) is 3.07. The molecule has 4 aromatic rings. The Balaban J connectivity index is 1.42. The van der Waals surface area contributed by atoms with E-state index in [4.69, 9.17) is 14.5 Å². The molecule has 3 aromatic carbocycles. The van der Waals surface area contributed by atoms with Crippen LogP contribution in [0.25, 0.3) is 0 Å². The maximum absolute atomic E-state index is 13.2. The molecule has 1 aliphatic heterocycles. The first-order valence-electron chi connectivity index (χ1n) is 15.8. The van der Waals surface area contributed by atoms with Gasteiger partial charge < -0.3 is 29.7 Å². The smallest absolute Gasteiger partial charge is 0.413 e. The summed E-state index contributed by atoms with van der Waals surface area (Å²) in [6.45, 7) is 10.1. The Kier molecular flexibility index (Phi) is 10.8. The van der Waals surface area contributed by atoms with Gasteiger partial charge in [0, 0.05) is 62.4 Å². The van der Waals surface area contributed by atoms with Crippen LogP contribution in [0.5, 0.6) is 11.5 Å². The molecule has 1 aromatic heterocycles. The molecule has 248 valence electrons. The maximum atomic E-state index is 13.2. The van der Waals surface area contributed by atoms with Gasteiger partial charge >= 0.3 is 6.09 Å². The Morgan fingerprint density at radius 3 is 2.28 bits per heavy atom. The number of aryl methyl sites for hydroxylation is 2. The fourth-order valence-electron chi connectivity index (χ4n) is 6.08. The fourth-order valence-corrected chi connectivity index (χ4v) is 6.08. The van der Waals surface area contributed by atoms with Crippen molar-refractivity contribution in [1.82, 2.24) is 19.8 Å². The van der Waals surface area contributed by atoms with E-state index in [1.54, 1.807) is 38.6 Å². The third-order valence-corrected chi connectivity index (χ3v) is 8.62. The number of hydrogen-bond acceptors (Lipinski definition) is 9. The zero-order valence-electron chi connectivity index (χ0n) is 28.1. The van der Waals surface area contributed by atoms with E-state index in [9.17, 15) is 9.90 Å². The van der Waals surface area contributed by atoms with Crippen LogP contribution >= 0.6 is 0 Å². The van der Waals surface area contributed by atoms with Crippen molar-refractivity contribution in [2.45, 2.75) is 19.9 Å². The van der Waals surface area contributed by atoms with E-state index in [0.717, 1.165) is 61.6 Å². The van der Waals surface area contributed by atoms with Crippen molar-refractivity contribution in [3.05, 3.63) is 95.2 Å². The van der Waals surface area contributed by atoms with E-state index in [0.29, 0.717) is 17.1 Å². The van der Waals surface area contributed by atoms with Crippen LogP contribution in [0.3, 0.4) is 0 Å². The average molecular weight is 640 g/mol. The highest BCUT2D eigenvalue weighted by atomic mass is 16.5. The summed E-state index contributed by atoms with van der Waals surface area (Å²) in [6.07, 6.45) is 0.397. The summed E-state index contributed by atoms with van der Waals surface area (Å²) in [5.41, 5.74) is 5.32. The minimum atomic E-state index is -1.17. The molecule has 0 bridgehead atoms. The lowest BCUT2D eigenvalue weighted by molar-refractivity contribution is 0.199. The summed E-state index contributed by atoms with van der Waals surface area (Å²) in [4.78, 5) is 30.7. The number of ether oxygens (including phenoxy) is 2. The van der Waals surface area contributed by atoms with Crippen molar-refractivity contribution < 1.29 is 19.4 Å². The van der Waals surface area contributed by atoms with Crippen LogP contribution in [0, 0.1) is 13.8 Å². The van der Waals surface area contributed by atoms with Crippen molar-refractivity contribution in [3.8, 4) is 11.5 Å². The SMILES string of the molecule is COc1ccc(OC)c(C(c2c(C)cccc2C)N(C(=O)O)c2ccnc(Nc3ccc(N4CCN(CCN(C)C)CC4)cc3)n2)c1. The van der Waals surface area contributed by atoms with Crippen LogP contribution in [0.1, 0.15) is 28.3 Å². The minimum Gasteiger partial charge on any atom is -0.497 e. The second kappa shape index (κ2) is 15.1. The van der Waals surface area contributed by atoms with Crippen LogP contribution in [-0.4, -0.2) is 98.6 Å². The number of carbonyl (C=O) groups is 1. The monoisotopic (exact) mass is 639 g/mol. The number of methoxy groups -OCH3 is 2. The Bertz CT molecular complexity index is 1640. The van der Waals surface area contributed by atoms with Gasteiger partial charge in [-0.3, -0.25) is 4.90 Å². The van der Waals surface area contributed by atoms with Gasteiger partial charge in [0.05, 0.1) is 20.3 Å². The molecule has 0 saturated carbocycles. The molecule has 0 aliphatic carbocycles. The van der Waals surface area contributed by atoms with Crippen LogP contribution < -0.4 is 24.6 Å². The van der Waals surface area contributed by atoms with Gasteiger partial charge in [0.25, 0.3) is 0 Å². The summed E-state index contributed by atoms with van der Waals surface area (Å²) in [5.74, 6) is 1.62. The maximum Gasteiger partial charge on any atom is 0.413 e. The lowest BCUT2D eigenvalue weighted by Gasteiger charge is -2.36. The first-order valence-corrected chi connectivity index (χ1v) is 15.8. The van der Waals surface area contributed by atoms with E-state index >= 15 is 0 Å². The molecule has 0 spiro atoms. The summed E-state index contributed by atoms with van der Waals surface area (Å²) in [5, 5.41) is 14.0. The van der Waals surface area contributed by atoms with Crippen LogP contribution in [0.2, 0.25) is 0 Å². The molecular weight excluding hydrogens is 594 g/mol. The number of benzene rings is 3. The zero-order chi connectivity index (χ0) is 33.5. The van der Waals surface area contributed by atoms with Crippen LogP contribution in [0.4, 0.5) is 27.9 Å². The zero-order valence-corrected chi connectivity index (χ0v) is 28.1. The molecule has 5 rings (SSSR count). The van der Waals surface area contributed by atoms with Gasteiger partial charge in [-0.1, -0.05) is 18.2 Å². The van der Waals surface area contributed by atoms with Crippen molar-refractivity contribution in [2.75, 3.05) is 82.7 Å². The Hall–Kier alpha value is -4.87. The predicted octanol–water partition coefficient (Wildman–Crippen LogP) is 5.81. The van der Waals surface area contributed by atoms with Gasteiger partial charge in [0.2, 0.25) is 5.95 Å². The minimum absolute atomic E-state index is 0.219. The highest BCUT2D eigenvalue weighted by Gasteiger charge is 2.34. The van der Waals surface area contributed by atoms with Gasteiger partial charge in [-0.25, -0.2) is 14.7 Å². The molecule has 2 heterocycles. The van der Waals surface area contributed by atoms with Gasteiger partial charge in [0.15, 0.2) is 0 Å². The lowest BCUT2D eigenvalue weighted by atomic mass is 9.89. The van der Waals surface area contributed by atoms with E-state index in [1.807, 2.05) is 50.2 Å². The van der Waals surface area contributed by atoms with Crippen molar-refractivity contribution in [1.29, 1.82) is 0 Å². The summed E-state index contributed by atoms with van der Waals surface area (Å²) in [6, 6.07) is 20.3. The highest BCUT2D eigenvalue weighted by molar-refractivity contribution is 5.87. The standard InChI is InChI=1S/C36H45N7O4/c1-25-8-7-9-26(2)33(25)34(30-24-29(46-5)14-15-31(30)47-6)43(36(44)45)32-16-17-37-35(39-32)38-27-10-12-28(13-11-27)42-22-20-41(21-23-42)19-18-40(3)4/h7-17,24,34H,18-23H2,1-6H3,(H,44,45)(H,37,38,39). The van der Waals surface area contributed by atoms with E-state index < -0.39 is 12.1 Å². The number of anilines is 4. The van der Waals surface area contributed by atoms with Gasteiger partial charge in [0.1, 0.15) is 17.3 Å². The number of amides is 1. The quantitative estimate of drug-likeness (QED) is 0.197. The predicted molar refractivity (Wildman–Crippen MR) is 187 cm³/mol. The molecule has 1 amide bonds. The summed E-state index contributed by atoms with van der Waals surface area (Å²) >= 11 is 0. The molecule has 11 heteroatoms. The molecule has 1 saturated heterocycles. The molecule has 1 unspecified atom stereocenters. The number of nitrogens with one attached hydrogen (secondary N) is 1. The normalized spacial score (nSPS) is 14.1. The topological polar surface area (TPSA) is 107 Å². The van der Waals surface area contributed by atoms with Crippen LogP contribution in [-0.2, 0) is 0 Å². The largest absolute Gasteiger partial charge is 0.497 e. The Morgan fingerprint density at radius 1 is 0.957 bits per heavy atom. The molecule has 1 aliphatic rings. The molecule has 47 heavy (non-hydrogen) atoms. The number of rotatable bonds is 12. The van der Waals surface area contributed by atoms with E-state index in [1.165, 1.54) is 10.6 Å². The lowest BCUT2D eigenvalue weighted by Crippen LogP contribution is -2.48. The molecule has 2 N–H and O–H groups in total. The van der Waals surface area contributed by atoms with Crippen LogP contribution in [0.15, 0.2) is 72.9 Å². The van der Waals surface area contributed by atoms with Gasteiger partial charge in [-0.05, 0) is 93.2 Å². The number of hydrogen-bond donors (Lipinski definition) is 2. The first kappa shape index (κ1) is 33.5. The number of carboxylic acid groups (broad SMARTS) is 1. The van der Waals surface area contributed by atoms with Gasteiger partial charge in [-0.2, -0.15) is 4.98 Å². The summed E-state index contributed by atoms with van der Waals surface area (Å²) < 4.78 is 11.3. The summed E-state index contributed by atoms with van der Waals surface area (Å²) in [7, 11) is 7.37. The second-order valence-electron chi connectivity index (χ2n) is 12.0. The Morgan fingerprint density at radius 2 is 1.66 bits per heavy atom. The highest BCUT2D eigenvalue weighted by Crippen LogP contribution is 2.41. The third kappa shape index (κ3) is 7.93. The number of aromatic nitrogens is 2.